The van der Waals surface area contributed by atoms with Gasteiger partial charge in [-0.2, -0.15) is 4.39 Å². The molecule has 1 fully saturated rings. The van der Waals surface area contributed by atoms with E-state index >= 15 is 0 Å². The summed E-state index contributed by atoms with van der Waals surface area (Å²) in [5.74, 6) is -0.339. The van der Waals surface area contributed by atoms with Gasteiger partial charge in [-0.3, -0.25) is 10.1 Å². The highest BCUT2D eigenvalue weighted by molar-refractivity contribution is 5.34. The Morgan fingerprint density at radius 1 is 1.42 bits per heavy atom. The van der Waals surface area contributed by atoms with Crippen LogP contribution < -0.4 is 0 Å². The fourth-order valence-corrected chi connectivity index (χ4v) is 2.04. The smallest absolute Gasteiger partial charge is 0.304 e. The van der Waals surface area contributed by atoms with Crippen LogP contribution in [0.4, 0.5) is 10.1 Å². The van der Waals surface area contributed by atoms with Crippen molar-refractivity contribution < 1.29 is 18.8 Å². The Morgan fingerprint density at radius 3 is 2.79 bits per heavy atom. The van der Waals surface area contributed by atoms with Gasteiger partial charge in [-0.25, -0.2) is 0 Å². The molecule has 0 spiro atoms. The number of ether oxygens (including phenoxy) is 2. The Labute approximate surface area is 110 Å². The summed E-state index contributed by atoms with van der Waals surface area (Å²) in [6.45, 7) is 2.41. The van der Waals surface area contributed by atoms with E-state index < -0.39 is 16.4 Å². The van der Waals surface area contributed by atoms with Crippen LogP contribution in [0.15, 0.2) is 18.2 Å². The van der Waals surface area contributed by atoms with Crippen LogP contribution in [0.1, 0.15) is 18.4 Å². The molecule has 0 amide bonds. The van der Waals surface area contributed by atoms with E-state index in [2.05, 4.69) is 0 Å². The normalized spacial score (nSPS) is 16.5. The molecule has 6 heteroatoms. The summed E-state index contributed by atoms with van der Waals surface area (Å²) in [4.78, 5) is 9.74. The second kappa shape index (κ2) is 6.58. The molecule has 1 aromatic rings. The van der Waals surface area contributed by atoms with Gasteiger partial charge in [-0.05, 0) is 36.5 Å². The lowest BCUT2D eigenvalue weighted by Crippen LogP contribution is -2.20. The van der Waals surface area contributed by atoms with Crippen LogP contribution in [-0.4, -0.2) is 24.7 Å². The number of rotatable bonds is 5. The number of nitro groups is 1. The summed E-state index contributed by atoms with van der Waals surface area (Å²) in [6, 6.07) is 3.84. The Morgan fingerprint density at radius 2 is 2.16 bits per heavy atom. The molecule has 0 radical (unpaired) electrons. The largest absolute Gasteiger partial charge is 0.381 e. The number of nitrogens with zero attached hydrogens (tertiary/aromatic N) is 1. The zero-order valence-corrected chi connectivity index (χ0v) is 10.5. The number of hydrogen-bond acceptors (Lipinski definition) is 4. The second-order valence-corrected chi connectivity index (χ2v) is 4.61. The van der Waals surface area contributed by atoms with E-state index in [1.54, 1.807) is 0 Å². The van der Waals surface area contributed by atoms with Crippen molar-refractivity contribution >= 4 is 5.69 Å². The van der Waals surface area contributed by atoms with Gasteiger partial charge >= 0.3 is 5.69 Å². The van der Waals surface area contributed by atoms with E-state index in [1.807, 2.05) is 0 Å². The van der Waals surface area contributed by atoms with E-state index in [9.17, 15) is 14.5 Å². The van der Waals surface area contributed by atoms with Gasteiger partial charge in [-0.1, -0.05) is 0 Å². The maximum atomic E-state index is 13.4. The van der Waals surface area contributed by atoms with Crippen molar-refractivity contribution in [1.29, 1.82) is 0 Å². The van der Waals surface area contributed by atoms with Crippen molar-refractivity contribution in [2.75, 3.05) is 19.8 Å². The van der Waals surface area contributed by atoms with E-state index in [0.717, 1.165) is 32.1 Å². The van der Waals surface area contributed by atoms with Gasteiger partial charge in [0, 0.05) is 19.3 Å². The molecule has 1 saturated heterocycles. The van der Waals surface area contributed by atoms with Gasteiger partial charge < -0.3 is 9.47 Å². The molecular formula is C13H16FNO4. The van der Waals surface area contributed by atoms with Crippen LogP contribution in [0.3, 0.4) is 0 Å². The molecule has 0 aromatic heterocycles. The van der Waals surface area contributed by atoms with Gasteiger partial charge in [-0.15, -0.1) is 0 Å². The van der Waals surface area contributed by atoms with Crippen LogP contribution in [0.2, 0.25) is 0 Å². The number of halogens is 1. The Balaban J connectivity index is 1.82. The first-order valence-corrected chi connectivity index (χ1v) is 6.25. The molecule has 104 valence electrons. The maximum Gasteiger partial charge on any atom is 0.304 e. The number of hydrogen-bond donors (Lipinski definition) is 0. The monoisotopic (exact) mass is 269 g/mol. The molecule has 0 N–H and O–H groups in total. The quantitative estimate of drug-likeness (QED) is 0.609. The molecule has 19 heavy (non-hydrogen) atoms. The van der Waals surface area contributed by atoms with E-state index in [0.29, 0.717) is 18.1 Å². The average molecular weight is 269 g/mol. The topological polar surface area (TPSA) is 61.6 Å². The molecule has 2 rings (SSSR count). The molecule has 0 atom stereocenters. The minimum atomic E-state index is -0.822. The third kappa shape index (κ3) is 3.97. The molecule has 0 bridgehead atoms. The highest BCUT2D eigenvalue weighted by Crippen LogP contribution is 2.19. The zero-order valence-electron chi connectivity index (χ0n) is 10.5. The van der Waals surface area contributed by atoms with Gasteiger partial charge in [0.05, 0.1) is 18.1 Å². The van der Waals surface area contributed by atoms with Crippen LogP contribution in [0.5, 0.6) is 0 Å². The minimum Gasteiger partial charge on any atom is -0.381 e. The summed E-state index contributed by atoms with van der Waals surface area (Å²) in [6.07, 6.45) is 1.96. The third-order valence-electron chi connectivity index (χ3n) is 3.17. The third-order valence-corrected chi connectivity index (χ3v) is 3.17. The first kappa shape index (κ1) is 13.9. The van der Waals surface area contributed by atoms with Gasteiger partial charge in [0.15, 0.2) is 0 Å². The van der Waals surface area contributed by atoms with Crippen LogP contribution in [0, 0.1) is 21.8 Å². The summed E-state index contributed by atoms with van der Waals surface area (Å²) in [5, 5.41) is 10.5. The van der Waals surface area contributed by atoms with Crippen LogP contribution >= 0.6 is 0 Å². The van der Waals surface area contributed by atoms with Crippen LogP contribution in [0.25, 0.3) is 0 Å². The number of nitro benzene ring substituents is 1. The van der Waals surface area contributed by atoms with E-state index in [-0.39, 0.29) is 6.61 Å². The summed E-state index contributed by atoms with van der Waals surface area (Å²) < 4.78 is 24.1. The Hall–Kier alpha value is -1.53. The SMILES string of the molecule is O=[N+]([O-])c1ccc(COCC2CCOCC2)cc1F. The molecular weight excluding hydrogens is 253 g/mol. The standard InChI is InChI=1S/C13H16FNO4/c14-12-7-11(1-2-13(12)15(16)17)9-19-8-10-3-5-18-6-4-10/h1-2,7,10H,3-6,8-9H2. The van der Waals surface area contributed by atoms with Crippen molar-refractivity contribution in [3.8, 4) is 0 Å². The molecule has 0 aliphatic carbocycles. The molecule has 0 saturated carbocycles. The molecule has 1 aromatic carbocycles. The first-order valence-electron chi connectivity index (χ1n) is 6.25. The molecule has 0 unspecified atom stereocenters. The van der Waals surface area contributed by atoms with Gasteiger partial charge in [0.1, 0.15) is 0 Å². The lowest BCUT2D eigenvalue weighted by molar-refractivity contribution is -0.387. The van der Waals surface area contributed by atoms with E-state index in [4.69, 9.17) is 9.47 Å². The molecule has 5 nitrogen and oxygen atoms in total. The summed E-state index contributed by atoms with van der Waals surface area (Å²) >= 11 is 0. The van der Waals surface area contributed by atoms with Crippen molar-refractivity contribution in [2.24, 2.45) is 5.92 Å². The minimum absolute atomic E-state index is 0.270. The Kier molecular flexibility index (Phi) is 4.81. The summed E-state index contributed by atoms with van der Waals surface area (Å²) in [7, 11) is 0. The maximum absolute atomic E-state index is 13.4. The zero-order chi connectivity index (χ0) is 13.7. The van der Waals surface area contributed by atoms with Crippen molar-refractivity contribution in [3.63, 3.8) is 0 Å². The average Bonchev–Trinajstić information content (AvgIpc) is 2.39. The lowest BCUT2D eigenvalue weighted by atomic mass is 10.0. The Bertz CT molecular complexity index is 446. The number of benzene rings is 1. The van der Waals surface area contributed by atoms with Crippen LogP contribution in [-0.2, 0) is 16.1 Å². The predicted octanol–water partition coefficient (Wildman–Crippen LogP) is 2.68. The van der Waals surface area contributed by atoms with Gasteiger partial charge in [0.2, 0.25) is 5.82 Å². The molecule has 1 aliphatic rings. The fraction of sp³-hybridized carbons (Fsp3) is 0.538. The molecule has 1 heterocycles. The van der Waals surface area contributed by atoms with Crippen molar-refractivity contribution in [2.45, 2.75) is 19.4 Å². The van der Waals surface area contributed by atoms with Crippen molar-refractivity contribution in [3.05, 3.63) is 39.7 Å². The molecule has 1 aliphatic heterocycles. The van der Waals surface area contributed by atoms with E-state index in [1.165, 1.54) is 12.1 Å². The highest BCUT2D eigenvalue weighted by atomic mass is 19.1. The second-order valence-electron chi connectivity index (χ2n) is 4.61. The van der Waals surface area contributed by atoms with Gasteiger partial charge in [0.25, 0.3) is 0 Å². The predicted molar refractivity (Wildman–Crippen MR) is 66.3 cm³/mol. The fourth-order valence-electron chi connectivity index (χ4n) is 2.04. The summed E-state index contributed by atoms with van der Waals surface area (Å²) in [5.41, 5.74) is 0.100. The first-order chi connectivity index (χ1) is 9.16. The lowest BCUT2D eigenvalue weighted by Gasteiger charge is -2.21. The highest BCUT2D eigenvalue weighted by Gasteiger charge is 2.15. The van der Waals surface area contributed by atoms with Crippen molar-refractivity contribution in [1.82, 2.24) is 0 Å².